The molecule has 0 saturated heterocycles. The van der Waals surface area contributed by atoms with Gasteiger partial charge >= 0.3 is 144 Å². The molecular weight excluding hydrogens is 378 g/mol. The van der Waals surface area contributed by atoms with Gasteiger partial charge in [-0.15, -0.1) is 0 Å². The number of allylic oxidation sites excluding steroid dienone is 1. The van der Waals surface area contributed by atoms with Gasteiger partial charge in [0.05, 0.1) is 0 Å². The zero-order chi connectivity index (χ0) is 16.2. The Kier molecular flexibility index (Phi) is 8.16. The molecule has 0 N–H and O–H groups in total. The number of benzene rings is 1. The zero-order valence-electron chi connectivity index (χ0n) is 15.5. The molecule has 0 spiro atoms. The first-order valence-corrected chi connectivity index (χ1v) is 10.0. The third-order valence-electron chi connectivity index (χ3n) is 4.20. The van der Waals surface area contributed by atoms with Gasteiger partial charge in [-0.3, -0.25) is 0 Å². The fraction of sp³-hybridized carbons (Fsp3) is 0.579. The Morgan fingerprint density at radius 1 is 0.870 bits per heavy atom. The van der Waals surface area contributed by atoms with Crippen LogP contribution in [0.4, 0.5) is 0 Å². The zero-order valence-corrected chi connectivity index (χ0v) is 19.5. The van der Waals surface area contributed by atoms with Crippen LogP contribution < -0.4 is 24.8 Å². The summed E-state index contributed by atoms with van der Waals surface area (Å²) in [7, 11) is -0.193. The summed E-state index contributed by atoms with van der Waals surface area (Å²) in [6.45, 7) is 19.0. The fourth-order valence-electron chi connectivity index (χ4n) is 3.78. The van der Waals surface area contributed by atoms with Gasteiger partial charge in [-0.2, -0.15) is 0 Å². The summed E-state index contributed by atoms with van der Waals surface area (Å²) in [5.41, 5.74) is 5.95. The molecule has 1 unspecified atom stereocenters. The van der Waals surface area contributed by atoms with Crippen LogP contribution in [-0.4, -0.2) is 10.3 Å². The predicted molar refractivity (Wildman–Crippen MR) is 93.1 cm³/mol. The Labute approximate surface area is 168 Å². The Bertz CT molecular complexity index is 581. The van der Waals surface area contributed by atoms with Crippen LogP contribution in [0.25, 0.3) is 6.08 Å². The topological polar surface area (TPSA) is 0 Å². The van der Waals surface area contributed by atoms with Gasteiger partial charge in [0, 0.05) is 0 Å². The van der Waals surface area contributed by atoms with Gasteiger partial charge in [-0.1, -0.05) is 0 Å². The summed E-state index contributed by atoms with van der Waals surface area (Å²) in [6, 6.07) is 4.56. The van der Waals surface area contributed by atoms with Crippen LogP contribution in [0.1, 0.15) is 68.0 Å². The molecule has 0 amide bonds. The van der Waals surface area contributed by atoms with Gasteiger partial charge in [0.25, 0.3) is 0 Å². The number of halogens is 2. The van der Waals surface area contributed by atoms with Crippen molar-refractivity contribution in [3.05, 3.63) is 39.7 Å². The molecule has 0 aromatic heterocycles. The SMILES string of the molecule is Cc1ccc(C)c2c1C=C(P(C(C)(C)C)C(C)(C)C)[CH]2[Ti+2].[Cl-].[Cl-]. The fourth-order valence-corrected chi connectivity index (χ4v) is 9.32. The minimum Gasteiger partial charge on any atom is -1.00 e. The third-order valence-corrected chi connectivity index (χ3v) is 9.10. The van der Waals surface area contributed by atoms with E-state index in [2.05, 4.69) is 94.0 Å². The van der Waals surface area contributed by atoms with E-state index in [9.17, 15) is 0 Å². The van der Waals surface area contributed by atoms with Crippen molar-refractivity contribution in [3.63, 3.8) is 0 Å². The van der Waals surface area contributed by atoms with Gasteiger partial charge < -0.3 is 24.8 Å². The molecule has 0 heterocycles. The first-order chi connectivity index (χ1) is 9.44. The van der Waals surface area contributed by atoms with Crippen molar-refractivity contribution in [2.24, 2.45) is 0 Å². The summed E-state index contributed by atoms with van der Waals surface area (Å²) >= 11 is 2.41. The number of hydrogen-bond donors (Lipinski definition) is 0. The van der Waals surface area contributed by atoms with Gasteiger partial charge in [0.15, 0.2) is 0 Å². The molecule has 23 heavy (non-hydrogen) atoms. The van der Waals surface area contributed by atoms with E-state index in [0.29, 0.717) is 14.5 Å². The smallest absolute Gasteiger partial charge is 1.00 e. The maximum Gasteiger partial charge on any atom is -1.00 e. The van der Waals surface area contributed by atoms with Gasteiger partial charge in [-0.25, -0.2) is 0 Å². The van der Waals surface area contributed by atoms with Crippen LogP contribution in [0.5, 0.6) is 0 Å². The van der Waals surface area contributed by atoms with E-state index in [1.807, 2.05) is 0 Å². The quantitative estimate of drug-likeness (QED) is 0.466. The molecule has 1 aliphatic rings. The van der Waals surface area contributed by atoms with Crippen molar-refractivity contribution in [2.45, 2.75) is 69.9 Å². The second-order valence-electron chi connectivity index (χ2n) is 8.21. The molecule has 0 aliphatic heterocycles. The summed E-state index contributed by atoms with van der Waals surface area (Å²) in [4.78, 5) is 0. The molecule has 1 aromatic rings. The second-order valence-corrected chi connectivity index (χ2v) is 13.0. The van der Waals surface area contributed by atoms with E-state index in [-0.39, 0.29) is 32.7 Å². The van der Waals surface area contributed by atoms with Gasteiger partial charge in [0.2, 0.25) is 0 Å². The summed E-state index contributed by atoms with van der Waals surface area (Å²) in [6.07, 6.45) is 2.53. The molecule has 0 fully saturated rings. The first-order valence-electron chi connectivity index (χ1n) is 7.77. The van der Waals surface area contributed by atoms with Crippen LogP contribution in [0.15, 0.2) is 17.4 Å². The van der Waals surface area contributed by atoms with Crippen molar-refractivity contribution >= 4 is 14.0 Å². The monoisotopic (exact) mass is 405 g/mol. The van der Waals surface area contributed by atoms with E-state index in [1.165, 1.54) is 16.7 Å². The Hall–Kier alpha value is 0.684. The van der Waals surface area contributed by atoms with Crippen molar-refractivity contribution in [2.75, 3.05) is 0 Å². The largest absolute Gasteiger partial charge is 1.00 e. The Morgan fingerprint density at radius 2 is 1.30 bits per heavy atom. The van der Waals surface area contributed by atoms with Crippen LogP contribution >= 0.6 is 7.92 Å². The summed E-state index contributed by atoms with van der Waals surface area (Å²) in [5.74, 6) is 0. The molecule has 0 nitrogen and oxygen atoms in total. The second kappa shape index (κ2) is 7.93. The maximum atomic E-state index is 2.53. The number of fused-ring (bicyclic) bond motifs is 1. The van der Waals surface area contributed by atoms with Crippen molar-refractivity contribution < 1.29 is 45.2 Å². The van der Waals surface area contributed by atoms with E-state index >= 15 is 0 Å². The minimum atomic E-state index is -0.193. The Morgan fingerprint density at radius 3 is 1.70 bits per heavy atom. The molecular formula is C19H28Cl2PTi. The van der Waals surface area contributed by atoms with Crippen LogP contribution in [-0.2, 0) is 20.4 Å². The van der Waals surface area contributed by atoms with Crippen LogP contribution in [0.2, 0.25) is 0 Å². The van der Waals surface area contributed by atoms with Crippen molar-refractivity contribution in [1.82, 2.24) is 0 Å². The van der Waals surface area contributed by atoms with Crippen LogP contribution in [0, 0.1) is 13.8 Å². The average molecular weight is 406 g/mol. The summed E-state index contributed by atoms with van der Waals surface area (Å²) in [5, 5.41) is 2.38. The molecule has 4 heteroatoms. The molecule has 1 aromatic carbocycles. The maximum absolute atomic E-state index is 2.53. The number of hydrogen-bond acceptors (Lipinski definition) is 0. The molecule has 0 bridgehead atoms. The minimum absolute atomic E-state index is 0. The molecule has 1 aliphatic carbocycles. The third kappa shape index (κ3) is 4.65. The standard InChI is InChI=1S/C19H28P.2ClH.Ti/c1-13-9-10-14(2)17-12-15(11-16(13)17)20(18(3,4)5)19(6,7)8;;;/h9-12H,1-8H3;2*1H;/q;;;+2/p-2. The van der Waals surface area contributed by atoms with Crippen molar-refractivity contribution in [1.29, 1.82) is 0 Å². The number of aryl methyl sites for hydroxylation is 2. The number of rotatable bonds is 1. The predicted octanol–water partition coefficient (Wildman–Crippen LogP) is 0.333. The van der Waals surface area contributed by atoms with E-state index in [4.69, 9.17) is 0 Å². The molecule has 127 valence electrons. The van der Waals surface area contributed by atoms with Crippen LogP contribution in [0.3, 0.4) is 0 Å². The normalized spacial score (nSPS) is 17.3. The van der Waals surface area contributed by atoms with E-state index in [1.54, 1.807) is 10.9 Å². The molecule has 1 atom stereocenters. The van der Waals surface area contributed by atoms with Gasteiger partial charge in [-0.05, 0) is 0 Å². The molecule has 0 radical (unpaired) electrons. The van der Waals surface area contributed by atoms with Gasteiger partial charge in [0.1, 0.15) is 0 Å². The Balaban J connectivity index is 0.00000242. The first kappa shape index (κ1) is 23.7. The molecule has 2 rings (SSSR count). The van der Waals surface area contributed by atoms with E-state index < -0.39 is 0 Å². The van der Waals surface area contributed by atoms with E-state index in [0.717, 1.165) is 0 Å². The average Bonchev–Trinajstić information content (AvgIpc) is 2.60. The summed E-state index contributed by atoms with van der Waals surface area (Å²) < 4.78 is 0.574. The van der Waals surface area contributed by atoms with Crippen molar-refractivity contribution in [3.8, 4) is 0 Å². The molecule has 0 saturated carbocycles.